The van der Waals surface area contributed by atoms with Gasteiger partial charge in [0.25, 0.3) is 0 Å². The van der Waals surface area contributed by atoms with E-state index >= 15 is 0 Å². The highest BCUT2D eigenvalue weighted by Crippen LogP contribution is 2.26. The summed E-state index contributed by atoms with van der Waals surface area (Å²) in [6.07, 6.45) is 1.82. The Morgan fingerprint density at radius 2 is 1.30 bits per heavy atom. The van der Waals surface area contributed by atoms with Crippen LogP contribution in [-0.2, 0) is 0 Å². The summed E-state index contributed by atoms with van der Waals surface area (Å²) in [4.78, 5) is 11.1. The van der Waals surface area contributed by atoms with Crippen LogP contribution in [0.1, 0.15) is 15.9 Å². The van der Waals surface area contributed by atoms with Crippen LogP contribution >= 0.6 is 0 Å². The van der Waals surface area contributed by atoms with Gasteiger partial charge in [-0.15, -0.1) is 0 Å². The number of carboxylic acid groups (broad SMARTS) is 1. The largest absolute Gasteiger partial charge is 0.478 e. The Hall–Kier alpha value is -3.13. The average Bonchev–Trinajstić information content (AvgIpc) is 2.62. The molecule has 0 spiro atoms. The van der Waals surface area contributed by atoms with E-state index < -0.39 is 5.97 Å². The fourth-order valence-electron chi connectivity index (χ4n) is 2.50. The van der Waals surface area contributed by atoms with Crippen molar-refractivity contribution >= 4 is 12.0 Å². The molecular weight excluding hydrogens is 284 g/mol. The Morgan fingerprint density at radius 1 is 0.783 bits per heavy atom. The molecule has 0 amide bonds. The first-order valence-electron chi connectivity index (χ1n) is 7.34. The zero-order valence-corrected chi connectivity index (χ0v) is 12.6. The van der Waals surface area contributed by atoms with E-state index in [9.17, 15) is 4.79 Å². The van der Waals surface area contributed by atoms with Crippen LogP contribution < -0.4 is 0 Å². The third kappa shape index (κ3) is 3.22. The molecule has 0 bridgehead atoms. The molecule has 112 valence electrons. The summed E-state index contributed by atoms with van der Waals surface area (Å²) in [5.74, 6) is -0.911. The van der Waals surface area contributed by atoms with Gasteiger partial charge in [0.2, 0.25) is 0 Å². The lowest BCUT2D eigenvalue weighted by molar-refractivity contribution is 0.0697. The van der Waals surface area contributed by atoms with E-state index in [4.69, 9.17) is 5.11 Å². The van der Waals surface area contributed by atoms with E-state index in [0.29, 0.717) is 5.56 Å². The van der Waals surface area contributed by atoms with E-state index in [1.807, 2.05) is 48.5 Å². The molecule has 3 rings (SSSR count). The first kappa shape index (κ1) is 14.8. The number of carbonyl (C=O) groups is 1. The molecule has 23 heavy (non-hydrogen) atoms. The van der Waals surface area contributed by atoms with Gasteiger partial charge in [-0.2, -0.15) is 0 Å². The highest BCUT2D eigenvalue weighted by Gasteiger charge is 2.05. The smallest absolute Gasteiger partial charge is 0.335 e. The van der Waals surface area contributed by atoms with Gasteiger partial charge in [0.05, 0.1) is 5.56 Å². The predicted octanol–water partition coefficient (Wildman–Crippen LogP) is 5.36. The lowest BCUT2D eigenvalue weighted by Gasteiger charge is -2.06. The molecule has 0 saturated heterocycles. The molecule has 0 radical (unpaired) electrons. The van der Waals surface area contributed by atoms with Gasteiger partial charge in [0.1, 0.15) is 0 Å². The topological polar surface area (TPSA) is 37.3 Å². The number of rotatable bonds is 4. The molecule has 0 saturated carbocycles. The summed E-state index contributed by atoms with van der Waals surface area (Å²) in [6.45, 7) is 3.76. The fourth-order valence-corrected chi connectivity index (χ4v) is 2.50. The van der Waals surface area contributed by atoms with Crippen molar-refractivity contribution in [2.75, 3.05) is 0 Å². The van der Waals surface area contributed by atoms with E-state index in [-0.39, 0.29) is 0 Å². The van der Waals surface area contributed by atoms with Gasteiger partial charge < -0.3 is 5.11 Å². The fraction of sp³-hybridized carbons (Fsp3) is 0. The maximum atomic E-state index is 11.1. The molecule has 0 atom stereocenters. The Morgan fingerprint density at radius 3 is 1.83 bits per heavy atom. The second-order valence-corrected chi connectivity index (χ2v) is 5.29. The van der Waals surface area contributed by atoms with Gasteiger partial charge in [-0.25, -0.2) is 4.79 Å². The molecule has 0 aliphatic rings. The SMILES string of the molecule is C=Cc1ccc(-c2ccc(-c3cccc(C(=O)O)c3)cc2)cc1. The quantitative estimate of drug-likeness (QED) is 0.704. The molecule has 3 aromatic carbocycles. The van der Waals surface area contributed by atoms with Crippen LogP contribution in [0.15, 0.2) is 79.4 Å². The van der Waals surface area contributed by atoms with Crippen LogP contribution in [0.4, 0.5) is 0 Å². The van der Waals surface area contributed by atoms with Gasteiger partial charge >= 0.3 is 5.97 Å². The molecular formula is C21H16O2. The highest BCUT2D eigenvalue weighted by atomic mass is 16.4. The van der Waals surface area contributed by atoms with Gasteiger partial charge in [0.15, 0.2) is 0 Å². The second-order valence-electron chi connectivity index (χ2n) is 5.29. The highest BCUT2D eigenvalue weighted by molar-refractivity contribution is 5.89. The summed E-state index contributed by atoms with van der Waals surface area (Å²) >= 11 is 0. The van der Waals surface area contributed by atoms with Crippen LogP contribution in [0.5, 0.6) is 0 Å². The van der Waals surface area contributed by atoms with Crippen molar-refractivity contribution in [2.45, 2.75) is 0 Å². The normalized spacial score (nSPS) is 10.3. The summed E-state index contributed by atoms with van der Waals surface area (Å²) in [6, 6.07) is 23.3. The lowest BCUT2D eigenvalue weighted by Crippen LogP contribution is -1.95. The van der Waals surface area contributed by atoms with E-state index in [0.717, 1.165) is 27.8 Å². The summed E-state index contributed by atoms with van der Waals surface area (Å²) in [5.41, 5.74) is 5.56. The molecule has 2 nitrogen and oxygen atoms in total. The molecule has 0 heterocycles. The van der Waals surface area contributed by atoms with Crippen molar-refractivity contribution in [3.63, 3.8) is 0 Å². The van der Waals surface area contributed by atoms with E-state index in [1.165, 1.54) is 0 Å². The summed E-state index contributed by atoms with van der Waals surface area (Å²) in [5, 5.41) is 9.08. The van der Waals surface area contributed by atoms with Gasteiger partial charge in [0, 0.05) is 0 Å². The zero-order valence-electron chi connectivity index (χ0n) is 12.6. The first-order chi connectivity index (χ1) is 11.2. The van der Waals surface area contributed by atoms with Gasteiger partial charge in [-0.3, -0.25) is 0 Å². The first-order valence-corrected chi connectivity index (χ1v) is 7.34. The third-order valence-corrected chi connectivity index (χ3v) is 3.81. The van der Waals surface area contributed by atoms with E-state index in [2.05, 4.69) is 18.7 Å². The van der Waals surface area contributed by atoms with Crippen molar-refractivity contribution in [3.8, 4) is 22.3 Å². The van der Waals surface area contributed by atoms with Crippen molar-refractivity contribution in [3.05, 3.63) is 90.5 Å². The minimum atomic E-state index is -0.911. The standard InChI is InChI=1S/C21H16O2/c1-2-15-6-8-16(9-7-15)17-10-12-18(13-11-17)19-4-3-5-20(14-19)21(22)23/h2-14H,1H2,(H,22,23). The number of aromatic carboxylic acids is 1. The minimum Gasteiger partial charge on any atom is -0.478 e. The van der Waals surface area contributed by atoms with Crippen molar-refractivity contribution in [2.24, 2.45) is 0 Å². The molecule has 0 aliphatic carbocycles. The number of carboxylic acids is 1. The Bertz CT molecular complexity index is 844. The molecule has 0 unspecified atom stereocenters. The molecule has 0 aromatic heterocycles. The van der Waals surface area contributed by atoms with Crippen LogP contribution in [-0.4, -0.2) is 11.1 Å². The number of hydrogen-bond donors (Lipinski definition) is 1. The maximum absolute atomic E-state index is 11.1. The van der Waals surface area contributed by atoms with Crippen LogP contribution in [0.2, 0.25) is 0 Å². The van der Waals surface area contributed by atoms with Crippen LogP contribution in [0, 0.1) is 0 Å². The average molecular weight is 300 g/mol. The van der Waals surface area contributed by atoms with Crippen molar-refractivity contribution in [1.82, 2.24) is 0 Å². The maximum Gasteiger partial charge on any atom is 0.335 e. The Balaban J connectivity index is 1.90. The molecule has 0 aliphatic heterocycles. The zero-order chi connectivity index (χ0) is 16.2. The molecule has 0 fully saturated rings. The summed E-state index contributed by atoms with van der Waals surface area (Å²) in [7, 11) is 0. The van der Waals surface area contributed by atoms with E-state index in [1.54, 1.807) is 18.2 Å². The predicted molar refractivity (Wildman–Crippen MR) is 94.4 cm³/mol. The molecule has 3 aromatic rings. The van der Waals surface area contributed by atoms with Crippen molar-refractivity contribution < 1.29 is 9.90 Å². The third-order valence-electron chi connectivity index (χ3n) is 3.81. The lowest BCUT2D eigenvalue weighted by atomic mass is 9.98. The second kappa shape index (κ2) is 6.32. The van der Waals surface area contributed by atoms with Crippen molar-refractivity contribution in [1.29, 1.82) is 0 Å². The Labute approximate surface area is 135 Å². The van der Waals surface area contributed by atoms with Crippen LogP contribution in [0.25, 0.3) is 28.3 Å². The summed E-state index contributed by atoms with van der Waals surface area (Å²) < 4.78 is 0. The molecule has 2 heteroatoms. The minimum absolute atomic E-state index is 0.298. The number of hydrogen-bond acceptors (Lipinski definition) is 1. The van der Waals surface area contributed by atoms with Crippen LogP contribution in [0.3, 0.4) is 0 Å². The van der Waals surface area contributed by atoms with Gasteiger partial charge in [-0.1, -0.05) is 73.3 Å². The molecule has 1 N–H and O–H groups in total. The number of benzene rings is 3. The monoisotopic (exact) mass is 300 g/mol. The van der Waals surface area contributed by atoms with Gasteiger partial charge in [-0.05, 0) is 39.9 Å². The Kier molecular flexibility index (Phi) is 4.07.